The van der Waals surface area contributed by atoms with Gasteiger partial charge in [-0.25, -0.2) is 8.42 Å². The van der Waals surface area contributed by atoms with Gasteiger partial charge in [-0.05, 0) is 37.1 Å². The van der Waals surface area contributed by atoms with Crippen LogP contribution in [0, 0.1) is 0 Å². The van der Waals surface area contributed by atoms with Gasteiger partial charge >= 0.3 is 0 Å². The lowest BCUT2D eigenvalue weighted by molar-refractivity contribution is -0.114. The summed E-state index contributed by atoms with van der Waals surface area (Å²) in [6.07, 6.45) is 2.85. The van der Waals surface area contributed by atoms with Gasteiger partial charge in [0, 0.05) is 19.2 Å². The summed E-state index contributed by atoms with van der Waals surface area (Å²) < 4.78 is 41.8. The van der Waals surface area contributed by atoms with E-state index in [1.165, 1.54) is 12.1 Å². The second-order valence-electron chi connectivity index (χ2n) is 7.75. The topological polar surface area (TPSA) is 123 Å². The van der Waals surface area contributed by atoms with E-state index in [0.29, 0.717) is 24.7 Å². The van der Waals surface area contributed by atoms with Crippen LogP contribution in [0.4, 0.5) is 11.4 Å². The lowest BCUT2D eigenvalue weighted by Gasteiger charge is -2.22. The average Bonchev–Trinajstić information content (AvgIpc) is 3.47. The molecule has 11 heteroatoms. The Bertz CT molecular complexity index is 1150. The maximum absolute atomic E-state index is 12.8. The van der Waals surface area contributed by atoms with Gasteiger partial charge in [0.05, 0.1) is 29.3 Å². The van der Waals surface area contributed by atoms with Gasteiger partial charge in [-0.15, -0.1) is 0 Å². The normalized spacial score (nSPS) is 16.9. The molecule has 0 aromatic heterocycles. The number of carbonyl (C=O) groups excluding carboxylic acids is 2. The molecule has 10 nitrogen and oxygen atoms in total. The van der Waals surface area contributed by atoms with Crippen LogP contribution in [0.2, 0.25) is 0 Å². The third-order valence-corrected chi connectivity index (χ3v) is 6.43. The van der Waals surface area contributed by atoms with Crippen molar-refractivity contribution in [3.8, 4) is 11.5 Å². The minimum Gasteiger partial charge on any atom is -0.454 e. The van der Waals surface area contributed by atoms with E-state index in [4.69, 9.17) is 14.2 Å². The molecule has 2 aromatic carbocycles. The first kappa shape index (κ1) is 22.9. The van der Waals surface area contributed by atoms with Crippen LogP contribution in [0.5, 0.6) is 11.5 Å². The number of rotatable bonds is 8. The highest BCUT2D eigenvalue weighted by molar-refractivity contribution is 7.92. The van der Waals surface area contributed by atoms with E-state index >= 15 is 0 Å². The molecule has 1 fully saturated rings. The molecule has 0 spiro atoms. The number of fused-ring (bicyclic) bond motifs is 1. The highest BCUT2D eigenvalue weighted by Crippen LogP contribution is 2.36. The molecule has 2 aromatic rings. The van der Waals surface area contributed by atoms with E-state index < -0.39 is 22.5 Å². The Labute approximate surface area is 191 Å². The Balaban J connectivity index is 1.46. The lowest BCUT2D eigenvalue weighted by atomic mass is 10.1. The van der Waals surface area contributed by atoms with Gasteiger partial charge in [-0.2, -0.15) is 0 Å². The fraction of sp³-hybridized carbons (Fsp3) is 0.364. The number of hydrogen-bond donors (Lipinski definition) is 2. The van der Waals surface area contributed by atoms with E-state index in [1.807, 2.05) is 0 Å². The molecular weight excluding hydrogens is 450 g/mol. The van der Waals surface area contributed by atoms with Crippen molar-refractivity contribution < 1.29 is 32.2 Å². The molecule has 33 heavy (non-hydrogen) atoms. The third kappa shape index (κ3) is 5.55. The summed E-state index contributed by atoms with van der Waals surface area (Å²) in [6, 6.07) is 11.2. The molecule has 2 aliphatic heterocycles. The number of carbonyl (C=O) groups is 2. The molecule has 4 rings (SSSR count). The second-order valence-corrected chi connectivity index (χ2v) is 9.65. The predicted octanol–water partition coefficient (Wildman–Crippen LogP) is 1.73. The molecule has 0 unspecified atom stereocenters. The number of hydrogen-bond acceptors (Lipinski definition) is 7. The van der Waals surface area contributed by atoms with Gasteiger partial charge in [0.15, 0.2) is 11.5 Å². The Morgan fingerprint density at radius 2 is 1.91 bits per heavy atom. The zero-order chi connectivity index (χ0) is 23.4. The molecule has 1 saturated heterocycles. The van der Waals surface area contributed by atoms with Gasteiger partial charge in [-0.1, -0.05) is 12.1 Å². The molecule has 2 amide bonds. The first-order chi connectivity index (χ1) is 15.8. The van der Waals surface area contributed by atoms with Gasteiger partial charge in [-0.3, -0.25) is 13.9 Å². The van der Waals surface area contributed by atoms with Crippen molar-refractivity contribution >= 4 is 33.2 Å². The van der Waals surface area contributed by atoms with Gasteiger partial charge in [0.25, 0.3) is 5.91 Å². The molecular formula is C22H25N3O7S. The average molecular weight is 476 g/mol. The van der Waals surface area contributed by atoms with Crippen LogP contribution in [-0.2, 0) is 19.6 Å². The Kier molecular flexibility index (Phi) is 6.70. The third-order valence-electron chi connectivity index (χ3n) is 5.29. The van der Waals surface area contributed by atoms with Crippen molar-refractivity contribution in [1.29, 1.82) is 0 Å². The molecule has 176 valence electrons. The molecule has 0 aliphatic carbocycles. The number of sulfonamides is 1. The van der Waals surface area contributed by atoms with Crippen molar-refractivity contribution in [2.24, 2.45) is 0 Å². The molecule has 2 N–H and O–H groups in total. The summed E-state index contributed by atoms with van der Waals surface area (Å²) in [5.41, 5.74) is 0.823. The quantitative estimate of drug-likeness (QED) is 0.596. The number of amides is 2. The Hall–Kier alpha value is -3.31. The summed E-state index contributed by atoms with van der Waals surface area (Å²) in [6.45, 7) is 0.634. The number of benzene rings is 2. The molecule has 0 saturated carbocycles. The van der Waals surface area contributed by atoms with Crippen LogP contribution in [-0.4, -0.2) is 59.1 Å². The van der Waals surface area contributed by atoms with Crippen molar-refractivity contribution in [3.05, 3.63) is 48.0 Å². The lowest BCUT2D eigenvalue weighted by Crippen LogP contribution is -2.38. The number of anilines is 2. The van der Waals surface area contributed by atoms with E-state index in [0.717, 1.165) is 23.4 Å². The Morgan fingerprint density at radius 1 is 1.12 bits per heavy atom. The van der Waals surface area contributed by atoms with E-state index in [2.05, 4.69) is 10.6 Å². The number of nitrogens with one attached hydrogen (secondary N) is 2. The maximum atomic E-state index is 12.8. The van der Waals surface area contributed by atoms with Gasteiger partial charge in [0.1, 0.15) is 6.54 Å². The maximum Gasteiger partial charge on any atom is 0.253 e. The van der Waals surface area contributed by atoms with Gasteiger partial charge in [0.2, 0.25) is 22.7 Å². The predicted molar refractivity (Wildman–Crippen MR) is 121 cm³/mol. The van der Waals surface area contributed by atoms with Gasteiger partial charge < -0.3 is 24.8 Å². The van der Waals surface area contributed by atoms with E-state index in [9.17, 15) is 18.0 Å². The fourth-order valence-corrected chi connectivity index (χ4v) is 4.51. The summed E-state index contributed by atoms with van der Waals surface area (Å²) in [5, 5.41) is 5.47. The summed E-state index contributed by atoms with van der Waals surface area (Å²) >= 11 is 0. The van der Waals surface area contributed by atoms with Crippen molar-refractivity contribution in [2.45, 2.75) is 18.9 Å². The highest BCUT2D eigenvalue weighted by atomic mass is 32.2. The fourth-order valence-electron chi connectivity index (χ4n) is 3.66. The Morgan fingerprint density at radius 3 is 2.67 bits per heavy atom. The summed E-state index contributed by atoms with van der Waals surface area (Å²) in [5.74, 6) is -0.0518. The first-order valence-electron chi connectivity index (χ1n) is 10.5. The first-order valence-corrected chi connectivity index (χ1v) is 12.3. The highest BCUT2D eigenvalue weighted by Gasteiger charge is 2.25. The molecule has 1 atom stereocenters. The minimum atomic E-state index is -3.78. The van der Waals surface area contributed by atoms with Crippen molar-refractivity contribution in [1.82, 2.24) is 5.32 Å². The van der Waals surface area contributed by atoms with Crippen LogP contribution >= 0.6 is 0 Å². The summed E-state index contributed by atoms with van der Waals surface area (Å²) in [4.78, 5) is 25.5. The van der Waals surface area contributed by atoms with Crippen molar-refractivity contribution in [2.75, 3.05) is 42.4 Å². The van der Waals surface area contributed by atoms with Crippen molar-refractivity contribution in [3.63, 3.8) is 0 Å². The van der Waals surface area contributed by atoms with Crippen LogP contribution < -0.4 is 24.4 Å². The monoisotopic (exact) mass is 475 g/mol. The number of para-hydroxylation sites is 1. The molecule has 0 bridgehead atoms. The smallest absolute Gasteiger partial charge is 0.253 e. The minimum absolute atomic E-state index is 0.0132. The number of nitrogens with zero attached hydrogens (tertiary/aromatic N) is 1. The van der Waals surface area contributed by atoms with E-state index in [-0.39, 0.29) is 35.7 Å². The zero-order valence-corrected chi connectivity index (χ0v) is 18.9. The van der Waals surface area contributed by atoms with E-state index in [1.54, 1.807) is 30.3 Å². The molecule has 0 radical (unpaired) electrons. The molecule has 2 heterocycles. The summed E-state index contributed by atoms with van der Waals surface area (Å²) in [7, 11) is -3.78. The standard InChI is InChI=1S/C22H25N3O7S/c1-33(28,29)25(15-8-9-19-20(11-15)32-14-31-19)13-21(26)24-18-7-3-2-6-17(18)22(27)23-12-16-5-4-10-30-16/h2-3,6-9,11,16H,4-5,10,12-14H2,1H3,(H,23,27)(H,24,26)/t16-/m0/s1. The molecule has 2 aliphatic rings. The zero-order valence-electron chi connectivity index (χ0n) is 18.1. The largest absolute Gasteiger partial charge is 0.454 e. The SMILES string of the molecule is CS(=O)(=O)N(CC(=O)Nc1ccccc1C(=O)NC[C@@H]1CCCO1)c1ccc2c(c1)OCO2. The second kappa shape index (κ2) is 9.67. The van der Waals surface area contributed by atoms with Crippen LogP contribution in [0.1, 0.15) is 23.2 Å². The van der Waals surface area contributed by atoms with Crippen LogP contribution in [0.3, 0.4) is 0 Å². The van der Waals surface area contributed by atoms with Crippen LogP contribution in [0.25, 0.3) is 0 Å². The van der Waals surface area contributed by atoms with Crippen LogP contribution in [0.15, 0.2) is 42.5 Å². The number of ether oxygens (including phenoxy) is 3.